The van der Waals surface area contributed by atoms with Crippen LogP contribution in [-0.4, -0.2) is 54.8 Å². The van der Waals surface area contributed by atoms with Crippen molar-refractivity contribution in [1.29, 1.82) is 0 Å². The molecule has 1 saturated heterocycles. The molecule has 3 rings (SSSR count). The van der Waals surface area contributed by atoms with Crippen molar-refractivity contribution >= 4 is 29.3 Å². The number of hydrogen-bond acceptors (Lipinski definition) is 4. The number of fused-ring (bicyclic) bond motifs is 1. The van der Waals surface area contributed by atoms with Gasteiger partial charge >= 0.3 is 0 Å². The number of ether oxygens (including phenoxy) is 1. The van der Waals surface area contributed by atoms with Gasteiger partial charge in [0.15, 0.2) is 0 Å². The highest BCUT2D eigenvalue weighted by Gasteiger charge is 2.30. The summed E-state index contributed by atoms with van der Waals surface area (Å²) in [5.41, 5.74) is 0.841. The fraction of sp³-hybridized carbons (Fsp3) is 0.467. The largest absolute Gasteiger partial charge is 0.377 e. The number of amides is 2. The molecule has 112 valence electrons. The Bertz CT molecular complexity index is 564. The van der Waals surface area contributed by atoms with E-state index in [2.05, 4.69) is 0 Å². The number of benzene rings is 1. The molecule has 1 fully saturated rings. The summed E-state index contributed by atoms with van der Waals surface area (Å²) in [5.74, 6) is 0.372. The average Bonchev–Trinajstić information content (AvgIpc) is 2.50. The third-order valence-electron chi connectivity index (χ3n) is 3.79. The minimum absolute atomic E-state index is 0.00652. The summed E-state index contributed by atoms with van der Waals surface area (Å²) in [7, 11) is 0. The number of nitrogens with zero attached hydrogens (tertiary/aromatic N) is 2. The standard InChI is InChI=1S/C15H18N2O3S/c1-11-9-20-7-6-16(11)14(18)8-17-12-4-2-3-5-13(12)21-10-15(17)19/h2-5,11H,6-10H2,1H3. The van der Waals surface area contributed by atoms with Crippen molar-refractivity contribution in [2.45, 2.75) is 17.9 Å². The second-order valence-corrected chi connectivity index (χ2v) is 6.26. The molecule has 0 radical (unpaired) electrons. The summed E-state index contributed by atoms with van der Waals surface area (Å²) in [6, 6.07) is 7.80. The lowest BCUT2D eigenvalue weighted by Crippen LogP contribution is -2.52. The van der Waals surface area contributed by atoms with E-state index in [1.165, 1.54) is 11.8 Å². The van der Waals surface area contributed by atoms with Gasteiger partial charge < -0.3 is 14.5 Å². The van der Waals surface area contributed by atoms with Gasteiger partial charge in [-0.2, -0.15) is 0 Å². The van der Waals surface area contributed by atoms with E-state index >= 15 is 0 Å². The molecule has 0 N–H and O–H groups in total. The monoisotopic (exact) mass is 306 g/mol. The second kappa shape index (κ2) is 6.07. The Morgan fingerprint density at radius 3 is 3.05 bits per heavy atom. The summed E-state index contributed by atoms with van der Waals surface area (Å²) in [5, 5.41) is 0. The van der Waals surface area contributed by atoms with Gasteiger partial charge in [-0.05, 0) is 19.1 Å². The first kappa shape index (κ1) is 14.4. The summed E-state index contributed by atoms with van der Waals surface area (Å²) >= 11 is 1.53. The molecule has 21 heavy (non-hydrogen) atoms. The van der Waals surface area contributed by atoms with Gasteiger partial charge in [-0.15, -0.1) is 11.8 Å². The van der Waals surface area contributed by atoms with Gasteiger partial charge in [0.1, 0.15) is 6.54 Å². The van der Waals surface area contributed by atoms with Crippen LogP contribution in [-0.2, 0) is 14.3 Å². The van der Waals surface area contributed by atoms with Crippen LogP contribution in [0.1, 0.15) is 6.92 Å². The third-order valence-corrected chi connectivity index (χ3v) is 4.84. The van der Waals surface area contributed by atoms with E-state index in [9.17, 15) is 9.59 Å². The molecule has 1 atom stereocenters. The van der Waals surface area contributed by atoms with Gasteiger partial charge in [-0.3, -0.25) is 9.59 Å². The van der Waals surface area contributed by atoms with Crippen LogP contribution >= 0.6 is 11.8 Å². The van der Waals surface area contributed by atoms with Crippen LogP contribution in [0.25, 0.3) is 0 Å². The summed E-state index contributed by atoms with van der Waals surface area (Å²) in [6.45, 7) is 3.81. The van der Waals surface area contributed by atoms with E-state index in [0.29, 0.717) is 25.5 Å². The molecule has 0 aliphatic carbocycles. The third kappa shape index (κ3) is 2.91. The van der Waals surface area contributed by atoms with E-state index in [-0.39, 0.29) is 24.4 Å². The molecular weight excluding hydrogens is 288 g/mol. The molecule has 5 nitrogen and oxygen atoms in total. The zero-order chi connectivity index (χ0) is 14.8. The number of carbonyl (C=O) groups is 2. The normalized spacial score (nSPS) is 22.1. The maximum Gasteiger partial charge on any atom is 0.243 e. The Hall–Kier alpha value is -1.53. The molecule has 1 aromatic carbocycles. The highest BCUT2D eigenvalue weighted by molar-refractivity contribution is 8.00. The van der Waals surface area contributed by atoms with E-state index in [1.807, 2.05) is 31.2 Å². The highest BCUT2D eigenvalue weighted by Crippen LogP contribution is 2.34. The van der Waals surface area contributed by atoms with Gasteiger partial charge in [0.2, 0.25) is 11.8 Å². The predicted molar refractivity (Wildman–Crippen MR) is 81.5 cm³/mol. The first-order chi connectivity index (χ1) is 10.2. The lowest BCUT2D eigenvalue weighted by Gasteiger charge is -2.36. The Balaban J connectivity index is 1.77. The van der Waals surface area contributed by atoms with Crippen molar-refractivity contribution in [3.05, 3.63) is 24.3 Å². The smallest absolute Gasteiger partial charge is 0.243 e. The van der Waals surface area contributed by atoms with E-state index in [4.69, 9.17) is 4.74 Å². The molecule has 6 heteroatoms. The fourth-order valence-corrected chi connectivity index (χ4v) is 3.59. The number of carbonyl (C=O) groups excluding carboxylic acids is 2. The number of morpholine rings is 1. The van der Waals surface area contributed by atoms with Gasteiger partial charge in [-0.1, -0.05) is 12.1 Å². The molecule has 2 amide bonds. The topological polar surface area (TPSA) is 49.9 Å². The number of thioether (sulfide) groups is 1. The maximum atomic E-state index is 12.5. The molecule has 2 heterocycles. The maximum absolute atomic E-state index is 12.5. The van der Waals surface area contributed by atoms with Crippen molar-refractivity contribution in [3.8, 4) is 0 Å². The molecule has 0 bridgehead atoms. The second-order valence-electron chi connectivity index (χ2n) is 5.25. The van der Waals surface area contributed by atoms with Gasteiger partial charge in [0.05, 0.1) is 30.7 Å². The zero-order valence-electron chi connectivity index (χ0n) is 11.9. The average molecular weight is 306 g/mol. The van der Waals surface area contributed by atoms with Crippen molar-refractivity contribution in [2.24, 2.45) is 0 Å². The molecule has 2 aliphatic heterocycles. The minimum atomic E-state index is -0.0131. The summed E-state index contributed by atoms with van der Waals surface area (Å²) in [6.07, 6.45) is 0. The van der Waals surface area contributed by atoms with Crippen LogP contribution < -0.4 is 4.90 Å². The quantitative estimate of drug-likeness (QED) is 0.828. The zero-order valence-corrected chi connectivity index (χ0v) is 12.8. The van der Waals surface area contributed by atoms with Crippen LogP contribution in [0.2, 0.25) is 0 Å². The van der Waals surface area contributed by atoms with E-state index in [0.717, 1.165) is 10.6 Å². The van der Waals surface area contributed by atoms with Crippen LogP contribution in [0.3, 0.4) is 0 Å². The molecule has 0 saturated carbocycles. The lowest BCUT2D eigenvalue weighted by atomic mass is 10.2. The van der Waals surface area contributed by atoms with E-state index < -0.39 is 0 Å². The number of para-hydroxylation sites is 1. The molecule has 1 unspecified atom stereocenters. The molecule has 0 spiro atoms. The van der Waals surface area contributed by atoms with Crippen LogP contribution in [0.15, 0.2) is 29.2 Å². The first-order valence-electron chi connectivity index (χ1n) is 7.06. The Labute approximate surface area is 128 Å². The number of rotatable bonds is 2. The van der Waals surface area contributed by atoms with Crippen molar-refractivity contribution in [1.82, 2.24) is 4.90 Å². The first-order valence-corrected chi connectivity index (χ1v) is 8.05. The summed E-state index contributed by atoms with van der Waals surface area (Å²) < 4.78 is 5.35. The lowest BCUT2D eigenvalue weighted by molar-refractivity contribution is -0.138. The molecular formula is C15H18N2O3S. The molecule has 1 aromatic rings. The van der Waals surface area contributed by atoms with Crippen molar-refractivity contribution in [2.75, 3.05) is 37.0 Å². The van der Waals surface area contributed by atoms with Gasteiger partial charge in [0, 0.05) is 11.4 Å². The van der Waals surface area contributed by atoms with Crippen molar-refractivity contribution < 1.29 is 14.3 Å². The number of anilines is 1. The Morgan fingerprint density at radius 1 is 1.43 bits per heavy atom. The van der Waals surface area contributed by atoms with Gasteiger partial charge in [0.25, 0.3) is 0 Å². The fourth-order valence-electron chi connectivity index (χ4n) is 2.65. The van der Waals surface area contributed by atoms with E-state index in [1.54, 1.807) is 9.80 Å². The molecule has 0 aromatic heterocycles. The van der Waals surface area contributed by atoms with Crippen LogP contribution in [0, 0.1) is 0 Å². The van der Waals surface area contributed by atoms with Crippen LogP contribution in [0.4, 0.5) is 5.69 Å². The van der Waals surface area contributed by atoms with Crippen LogP contribution in [0.5, 0.6) is 0 Å². The minimum Gasteiger partial charge on any atom is -0.377 e. The highest BCUT2D eigenvalue weighted by atomic mass is 32.2. The van der Waals surface area contributed by atoms with Gasteiger partial charge in [-0.25, -0.2) is 0 Å². The van der Waals surface area contributed by atoms with Crippen molar-refractivity contribution in [3.63, 3.8) is 0 Å². The molecule has 2 aliphatic rings. The Morgan fingerprint density at radius 2 is 2.24 bits per heavy atom. The summed E-state index contributed by atoms with van der Waals surface area (Å²) in [4.78, 5) is 29.1. The Kier molecular flexibility index (Phi) is 4.17. The SMILES string of the molecule is CC1COCCN1C(=O)CN1C(=O)CSc2ccccc21. The number of hydrogen-bond donors (Lipinski definition) is 0. The predicted octanol–water partition coefficient (Wildman–Crippen LogP) is 1.37.